The first kappa shape index (κ1) is 24.7. The van der Waals surface area contributed by atoms with E-state index in [1.165, 1.54) is 0 Å². The highest BCUT2D eigenvalue weighted by molar-refractivity contribution is 6.21. The van der Waals surface area contributed by atoms with Crippen molar-refractivity contribution in [2.45, 2.75) is 69.5 Å². The predicted molar refractivity (Wildman–Crippen MR) is 119 cm³/mol. The van der Waals surface area contributed by atoms with E-state index in [-0.39, 0.29) is 29.7 Å². The van der Waals surface area contributed by atoms with Gasteiger partial charge in [0.1, 0.15) is 5.75 Å². The summed E-state index contributed by atoms with van der Waals surface area (Å²) in [5.74, 6) is 0.122. The molecule has 5 nitrogen and oxygen atoms in total. The van der Waals surface area contributed by atoms with Gasteiger partial charge in [0, 0.05) is 24.8 Å². The van der Waals surface area contributed by atoms with Gasteiger partial charge in [-0.2, -0.15) is 0 Å². The molecule has 1 saturated carbocycles. The Kier molecular flexibility index (Phi) is 10.7. The monoisotopic (exact) mass is 438 g/mol. The van der Waals surface area contributed by atoms with Crippen molar-refractivity contribution in [3.8, 4) is 5.75 Å². The van der Waals surface area contributed by atoms with E-state index < -0.39 is 12.1 Å². The number of halogens is 1. The molecule has 168 valence electrons. The van der Waals surface area contributed by atoms with Crippen LogP contribution in [-0.2, 0) is 9.53 Å². The number of hydrogen-bond donors (Lipinski definition) is 2. The van der Waals surface area contributed by atoms with Gasteiger partial charge in [0.15, 0.2) is 0 Å². The Balaban J connectivity index is 1.87. The molecule has 30 heavy (non-hydrogen) atoms. The third kappa shape index (κ3) is 7.60. The topological polar surface area (TPSA) is 76.0 Å². The maximum atomic E-state index is 10.6. The molecule has 0 bridgehead atoms. The zero-order chi connectivity index (χ0) is 21.9. The normalized spacial score (nSPS) is 24.9. The number of carbonyl (C=O) groups is 1. The van der Waals surface area contributed by atoms with Crippen LogP contribution in [0, 0.1) is 11.8 Å². The number of methoxy groups -OCH3 is 1. The number of unbranched alkanes of at least 4 members (excludes halogenated alkanes) is 1. The van der Waals surface area contributed by atoms with Crippen LogP contribution in [0.15, 0.2) is 36.4 Å². The lowest BCUT2D eigenvalue weighted by Gasteiger charge is -2.23. The molecule has 0 amide bonds. The van der Waals surface area contributed by atoms with Crippen LogP contribution in [0.1, 0.15) is 63.5 Å². The SMILES string of the molecule is CCCC(OC)c1ccc(OC[C@@H]2[C@@H](CC=CCCCC(=O)O)[C@H](Cl)C[C@H]2O)cc1. The fourth-order valence-corrected chi connectivity index (χ4v) is 4.56. The molecular formula is C24H35ClO5. The molecule has 1 aliphatic rings. The zero-order valence-corrected chi connectivity index (χ0v) is 18.8. The van der Waals surface area contributed by atoms with E-state index in [1.807, 2.05) is 30.3 Å². The summed E-state index contributed by atoms with van der Waals surface area (Å²) < 4.78 is 11.5. The molecule has 1 aromatic rings. The maximum absolute atomic E-state index is 10.6. The summed E-state index contributed by atoms with van der Waals surface area (Å²) >= 11 is 6.49. The third-order valence-corrected chi connectivity index (χ3v) is 6.34. The summed E-state index contributed by atoms with van der Waals surface area (Å²) in [6, 6.07) is 7.97. The first-order valence-corrected chi connectivity index (χ1v) is 11.3. The number of benzene rings is 1. The van der Waals surface area contributed by atoms with E-state index in [2.05, 4.69) is 13.0 Å². The highest BCUT2D eigenvalue weighted by Gasteiger charge is 2.41. The molecule has 0 aromatic heterocycles. The molecule has 6 heteroatoms. The number of aliphatic hydroxyl groups is 1. The average Bonchev–Trinajstić information content (AvgIpc) is 2.99. The second-order valence-electron chi connectivity index (χ2n) is 8.03. The minimum atomic E-state index is -0.767. The van der Waals surface area contributed by atoms with Crippen LogP contribution in [0.3, 0.4) is 0 Å². The Labute approximate surface area is 185 Å². The van der Waals surface area contributed by atoms with Gasteiger partial charge in [-0.05, 0) is 55.7 Å². The van der Waals surface area contributed by atoms with Crippen molar-refractivity contribution in [3.63, 3.8) is 0 Å². The van der Waals surface area contributed by atoms with Gasteiger partial charge >= 0.3 is 5.97 Å². The number of alkyl halides is 1. The van der Waals surface area contributed by atoms with Crippen molar-refractivity contribution >= 4 is 17.6 Å². The standard InChI is InChI=1S/C24H35ClO5/c1-3-8-23(29-2)17-11-13-18(14-12-17)30-16-20-19(21(25)15-22(20)26)9-6-4-5-7-10-24(27)28/h4,6,11-14,19-23,26H,3,5,7-10,15-16H2,1-2H3,(H,27,28)/t19-,20-,21-,22-,23?/m1/s1. The number of aliphatic carboxylic acids is 1. The Bertz CT molecular complexity index is 660. The molecule has 1 fully saturated rings. The van der Waals surface area contributed by atoms with E-state index in [0.29, 0.717) is 19.4 Å². The Morgan fingerprint density at radius 1 is 1.27 bits per heavy atom. The molecule has 1 unspecified atom stereocenters. The van der Waals surface area contributed by atoms with Gasteiger partial charge in [0.2, 0.25) is 0 Å². The van der Waals surface area contributed by atoms with Crippen LogP contribution in [0.4, 0.5) is 0 Å². The highest BCUT2D eigenvalue weighted by atomic mass is 35.5. The third-order valence-electron chi connectivity index (χ3n) is 5.84. The van der Waals surface area contributed by atoms with Crippen molar-refractivity contribution in [1.82, 2.24) is 0 Å². The van der Waals surface area contributed by atoms with E-state index in [0.717, 1.165) is 37.0 Å². The Morgan fingerprint density at radius 3 is 2.63 bits per heavy atom. The van der Waals surface area contributed by atoms with Gasteiger partial charge in [0.05, 0.1) is 18.8 Å². The van der Waals surface area contributed by atoms with Crippen LogP contribution >= 0.6 is 11.6 Å². The molecule has 0 radical (unpaired) electrons. The van der Waals surface area contributed by atoms with Crippen LogP contribution in [0.25, 0.3) is 0 Å². The molecule has 2 N–H and O–H groups in total. The number of hydrogen-bond acceptors (Lipinski definition) is 4. The first-order chi connectivity index (χ1) is 14.5. The minimum absolute atomic E-state index is 0.0253. The second-order valence-corrected chi connectivity index (χ2v) is 8.59. The number of allylic oxidation sites excluding steroid dienone is 2. The van der Waals surface area contributed by atoms with E-state index in [4.69, 9.17) is 26.2 Å². The Hall–Kier alpha value is -1.56. The predicted octanol–water partition coefficient (Wildman–Crippen LogP) is 5.36. The number of aliphatic hydroxyl groups excluding tert-OH is 1. The fourth-order valence-electron chi connectivity index (χ4n) is 4.09. The average molecular weight is 439 g/mol. The number of carboxylic acids is 1. The van der Waals surface area contributed by atoms with Crippen molar-refractivity contribution in [2.24, 2.45) is 11.8 Å². The molecule has 0 spiro atoms. The van der Waals surface area contributed by atoms with Crippen LogP contribution in [-0.4, -0.2) is 41.4 Å². The summed E-state index contributed by atoms with van der Waals surface area (Å²) in [5, 5.41) is 19.0. The smallest absolute Gasteiger partial charge is 0.303 e. The van der Waals surface area contributed by atoms with Crippen molar-refractivity contribution in [1.29, 1.82) is 0 Å². The molecule has 1 aliphatic carbocycles. The summed E-state index contributed by atoms with van der Waals surface area (Å²) in [6.07, 6.45) is 8.62. The highest BCUT2D eigenvalue weighted by Crippen LogP contribution is 2.39. The fraction of sp³-hybridized carbons (Fsp3) is 0.625. The van der Waals surface area contributed by atoms with E-state index in [1.54, 1.807) is 7.11 Å². The van der Waals surface area contributed by atoms with Gasteiger partial charge < -0.3 is 19.7 Å². The van der Waals surface area contributed by atoms with Gasteiger partial charge in [-0.25, -0.2) is 0 Å². The molecule has 1 aromatic carbocycles. The summed E-state index contributed by atoms with van der Waals surface area (Å²) in [4.78, 5) is 10.6. The second kappa shape index (κ2) is 13.0. The van der Waals surface area contributed by atoms with Crippen LogP contribution in [0.5, 0.6) is 5.75 Å². The van der Waals surface area contributed by atoms with E-state index in [9.17, 15) is 9.90 Å². The van der Waals surface area contributed by atoms with Crippen molar-refractivity contribution < 1.29 is 24.5 Å². The molecule has 0 saturated heterocycles. The number of rotatable bonds is 13. The lowest BCUT2D eigenvalue weighted by Crippen LogP contribution is -2.27. The van der Waals surface area contributed by atoms with Crippen LogP contribution in [0.2, 0.25) is 0 Å². The van der Waals surface area contributed by atoms with Crippen molar-refractivity contribution in [2.75, 3.05) is 13.7 Å². The number of carboxylic acid groups (broad SMARTS) is 1. The van der Waals surface area contributed by atoms with Crippen molar-refractivity contribution in [3.05, 3.63) is 42.0 Å². The quantitative estimate of drug-likeness (QED) is 0.246. The molecule has 5 atom stereocenters. The zero-order valence-electron chi connectivity index (χ0n) is 18.0. The van der Waals surface area contributed by atoms with Gasteiger partial charge in [0.25, 0.3) is 0 Å². The summed E-state index contributed by atoms with van der Waals surface area (Å²) in [6.45, 7) is 2.56. The molecule has 0 heterocycles. The van der Waals surface area contributed by atoms with Gasteiger partial charge in [-0.1, -0.05) is 37.6 Å². The lowest BCUT2D eigenvalue weighted by molar-refractivity contribution is -0.137. The first-order valence-electron chi connectivity index (χ1n) is 10.9. The Morgan fingerprint density at radius 2 is 2.00 bits per heavy atom. The maximum Gasteiger partial charge on any atom is 0.303 e. The lowest BCUT2D eigenvalue weighted by atomic mass is 9.92. The molecular weight excluding hydrogens is 404 g/mol. The van der Waals surface area contributed by atoms with Gasteiger partial charge in [-0.3, -0.25) is 4.79 Å². The summed E-state index contributed by atoms with van der Waals surface area (Å²) in [5.41, 5.74) is 1.14. The van der Waals surface area contributed by atoms with Crippen LogP contribution < -0.4 is 4.74 Å². The molecule has 2 rings (SSSR count). The number of ether oxygens (including phenoxy) is 2. The summed E-state index contributed by atoms with van der Waals surface area (Å²) in [7, 11) is 1.73. The van der Waals surface area contributed by atoms with E-state index >= 15 is 0 Å². The van der Waals surface area contributed by atoms with Gasteiger partial charge in [-0.15, -0.1) is 11.6 Å². The largest absolute Gasteiger partial charge is 0.493 e. The minimum Gasteiger partial charge on any atom is -0.493 e. The molecule has 0 aliphatic heterocycles.